The molecule has 2 N–H and O–H groups in total. The summed E-state index contributed by atoms with van der Waals surface area (Å²) >= 11 is 5.90. The van der Waals surface area contributed by atoms with Gasteiger partial charge in [0.2, 0.25) is 0 Å². The number of ether oxygens (including phenoxy) is 2. The molecule has 238 valence electrons. The summed E-state index contributed by atoms with van der Waals surface area (Å²) in [6.07, 6.45) is 4.03. The maximum Gasteiger partial charge on any atom is 0.343 e. The number of hydrogen-bond acceptors (Lipinski definition) is 7. The van der Waals surface area contributed by atoms with Crippen molar-refractivity contribution in [2.24, 2.45) is 5.10 Å². The van der Waals surface area contributed by atoms with E-state index in [-0.39, 0.29) is 17.4 Å². The Hall–Kier alpha value is -6.32. The van der Waals surface area contributed by atoms with Gasteiger partial charge in [-0.1, -0.05) is 59.6 Å². The molecule has 5 aromatic rings. The van der Waals surface area contributed by atoms with Crippen molar-refractivity contribution in [2.45, 2.75) is 6.92 Å². The number of anilines is 1. The highest BCUT2D eigenvalue weighted by Gasteiger charge is 2.12. The zero-order valence-electron chi connectivity index (χ0n) is 25.6. The van der Waals surface area contributed by atoms with Crippen LogP contribution in [-0.2, 0) is 4.79 Å². The van der Waals surface area contributed by atoms with Crippen LogP contribution in [0.5, 0.6) is 11.5 Å². The van der Waals surface area contributed by atoms with Gasteiger partial charge in [0, 0.05) is 39.0 Å². The molecule has 5 aromatic carbocycles. The van der Waals surface area contributed by atoms with Crippen molar-refractivity contribution in [1.29, 1.82) is 0 Å². The number of amides is 2. The molecule has 0 aliphatic carbocycles. The van der Waals surface area contributed by atoms with Crippen molar-refractivity contribution < 1.29 is 28.7 Å². The lowest BCUT2D eigenvalue weighted by Crippen LogP contribution is -2.18. The Kier molecular flexibility index (Phi) is 10.9. The topological polar surface area (TPSA) is 123 Å². The summed E-state index contributed by atoms with van der Waals surface area (Å²) in [5.74, 6) is -1.53. The van der Waals surface area contributed by atoms with Crippen LogP contribution in [0.15, 0.2) is 133 Å². The zero-order chi connectivity index (χ0) is 33.9. The van der Waals surface area contributed by atoms with E-state index in [1.165, 1.54) is 18.4 Å². The van der Waals surface area contributed by atoms with Gasteiger partial charge in [-0.05, 0) is 91.9 Å². The molecule has 0 aliphatic heterocycles. The SMILES string of the molecule is Cc1ccc(C(=O)Nc2ccc(C(=O)N/N=C/c3ccccc3OC(=O)/C=C/c3ccccc3OC(=O)c3ccc(Cl)cc3)cc2)cc1. The summed E-state index contributed by atoms with van der Waals surface area (Å²) in [6, 6.07) is 33.3. The summed E-state index contributed by atoms with van der Waals surface area (Å²) < 4.78 is 11.0. The highest BCUT2D eigenvalue weighted by atomic mass is 35.5. The maximum absolute atomic E-state index is 12.7. The predicted octanol–water partition coefficient (Wildman–Crippen LogP) is 7.50. The number of aryl methyl sites for hydroxylation is 1. The molecule has 48 heavy (non-hydrogen) atoms. The smallest absolute Gasteiger partial charge is 0.343 e. The molecule has 0 radical (unpaired) electrons. The van der Waals surface area contributed by atoms with Crippen LogP contribution >= 0.6 is 11.6 Å². The fraction of sp³-hybridized carbons (Fsp3) is 0.0263. The van der Waals surface area contributed by atoms with Gasteiger partial charge in [-0.25, -0.2) is 15.0 Å². The third-order valence-corrected chi connectivity index (χ3v) is 7.07. The molecule has 0 saturated carbocycles. The number of hydrogen-bond donors (Lipinski definition) is 2. The van der Waals surface area contributed by atoms with Crippen LogP contribution in [0.2, 0.25) is 5.02 Å². The van der Waals surface area contributed by atoms with E-state index >= 15 is 0 Å². The van der Waals surface area contributed by atoms with Crippen LogP contribution in [-0.4, -0.2) is 30.0 Å². The lowest BCUT2D eigenvalue weighted by molar-refractivity contribution is -0.128. The van der Waals surface area contributed by atoms with Crippen LogP contribution in [0.4, 0.5) is 5.69 Å². The van der Waals surface area contributed by atoms with E-state index in [9.17, 15) is 19.2 Å². The Balaban J connectivity index is 1.16. The molecule has 0 saturated heterocycles. The Morgan fingerprint density at radius 3 is 1.90 bits per heavy atom. The van der Waals surface area contributed by atoms with E-state index in [2.05, 4.69) is 15.8 Å². The lowest BCUT2D eigenvalue weighted by atomic mass is 10.1. The van der Waals surface area contributed by atoms with Crippen LogP contribution < -0.4 is 20.2 Å². The van der Waals surface area contributed by atoms with Crippen molar-refractivity contribution in [3.8, 4) is 11.5 Å². The summed E-state index contributed by atoms with van der Waals surface area (Å²) in [5, 5.41) is 7.30. The quantitative estimate of drug-likeness (QED) is 0.0527. The molecule has 0 atom stereocenters. The Morgan fingerprint density at radius 2 is 1.21 bits per heavy atom. The van der Waals surface area contributed by atoms with Crippen molar-refractivity contribution in [1.82, 2.24) is 5.43 Å². The van der Waals surface area contributed by atoms with Gasteiger partial charge in [-0.3, -0.25) is 9.59 Å². The van der Waals surface area contributed by atoms with Crippen LogP contribution in [0, 0.1) is 6.92 Å². The third-order valence-electron chi connectivity index (χ3n) is 6.82. The van der Waals surface area contributed by atoms with Gasteiger partial charge in [0.1, 0.15) is 11.5 Å². The molecule has 0 aliphatic rings. The first-order valence-electron chi connectivity index (χ1n) is 14.6. The number of halogens is 1. The van der Waals surface area contributed by atoms with Gasteiger partial charge in [0.05, 0.1) is 11.8 Å². The number of nitrogens with one attached hydrogen (secondary N) is 2. The lowest BCUT2D eigenvalue weighted by Gasteiger charge is -2.08. The molecular formula is C38H28ClN3O6. The molecule has 0 bridgehead atoms. The van der Waals surface area contributed by atoms with Gasteiger partial charge in [0.15, 0.2) is 0 Å². The standard InChI is InChI=1S/C38H28ClN3O6/c1-25-10-12-27(13-11-25)36(44)41-32-21-16-28(17-22-32)37(45)42-40-24-30-7-3-5-9-34(30)47-35(43)23-18-26-6-2-4-8-33(26)48-38(46)29-14-19-31(39)20-15-29/h2-24H,1H3,(H,41,44)(H,42,45)/b23-18+,40-24+. The third kappa shape index (κ3) is 9.12. The van der Waals surface area contributed by atoms with Crippen LogP contribution in [0.25, 0.3) is 6.08 Å². The first kappa shape index (κ1) is 33.1. The molecule has 0 heterocycles. The highest BCUT2D eigenvalue weighted by Crippen LogP contribution is 2.22. The zero-order valence-corrected chi connectivity index (χ0v) is 26.3. The average molecular weight is 658 g/mol. The van der Waals surface area contributed by atoms with Gasteiger partial charge >= 0.3 is 11.9 Å². The van der Waals surface area contributed by atoms with E-state index in [0.717, 1.165) is 5.56 Å². The minimum absolute atomic E-state index is 0.210. The normalized spacial score (nSPS) is 10.9. The summed E-state index contributed by atoms with van der Waals surface area (Å²) in [7, 11) is 0. The second kappa shape index (κ2) is 15.8. The molecule has 0 unspecified atom stereocenters. The molecule has 0 spiro atoms. The number of hydrazone groups is 1. The molecule has 10 heteroatoms. The largest absolute Gasteiger partial charge is 0.423 e. The molecular weight excluding hydrogens is 630 g/mol. The fourth-order valence-electron chi connectivity index (χ4n) is 4.27. The fourth-order valence-corrected chi connectivity index (χ4v) is 4.40. The van der Waals surface area contributed by atoms with E-state index in [0.29, 0.717) is 38.5 Å². The van der Waals surface area contributed by atoms with E-state index < -0.39 is 17.8 Å². The van der Waals surface area contributed by atoms with Crippen molar-refractivity contribution >= 4 is 53.3 Å². The summed E-state index contributed by atoms with van der Waals surface area (Å²) in [6.45, 7) is 1.94. The van der Waals surface area contributed by atoms with Gasteiger partial charge in [-0.15, -0.1) is 0 Å². The molecule has 5 rings (SSSR count). The Morgan fingerprint density at radius 1 is 0.646 bits per heavy atom. The van der Waals surface area contributed by atoms with E-state index in [4.69, 9.17) is 21.1 Å². The maximum atomic E-state index is 12.7. The predicted molar refractivity (Wildman–Crippen MR) is 185 cm³/mol. The number of rotatable bonds is 10. The number of carbonyl (C=O) groups is 4. The molecule has 9 nitrogen and oxygen atoms in total. The van der Waals surface area contributed by atoms with Gasteiger partial charge < -0.3 is 14.8 Å². The Labute approximate surface area is 281 Å². The van der Waals surface area contributed by atoms with Crippen molar-refractivity contribution in [3.05, 3.63) is 166 Å². The van der Waals surface area contributed by atoms with E-state index in [1.807, 2.05) is 19.1 Å². The van der Waals surface area contributed by atoms with E-state index in [1.54, 1.807) is 109 Å². The minimum Gasteiger partial charge on any atom is -0.423 e. The second-order valence-corrected chi connectivity index (χ2v) is 10.8. The number of esters is 2. The monoisotopic (exact) mass is 657 g/mol. The van der Waals surface area contributed by atoms with Crippen LogP contribution in [0.3, 0.4) is 0 Å². The first-order valence-corrected chi connectivity index (χ1v) is 15.0. The number of nitrogens with zero attached hydrogens (tertiary/aromatic N) is 1. The van der Waals surface area contributed by atoms with Crippen molar-refractivity contribution in [3.63, 3.8) is 0 Å². The molecule has 0 aromatic heterocycles. The van der Waals surface area contributed by atoms with Crippen LogP contribution in [0.1, 0.15) is 47.8 Å². The molecule has 2 amide bonds. The first-order chi connectivity index (χ1) is 23.2. The number of benzene rings is 5. The number of carbonyl (C=O) groups excluding carboxylic acids is 4. The minimum atomic E-state index is -0.687. The second-order valence-electron chi connectivity index (χ2n) is 10.3. The highest BCUT2D eigenvalue weighted by molar-refractivity contribution is 6.30. The molecule has 0 fully saturated rings. The number of para-hydroxylation sites is 2. The van der Waals surface area contributed by atoms with Crippen molar-refractivity contribution in [2.75, 3.05) is 5.32 Å². The average Bonchev–Trinajstić information content (AvgIpc) is 3.09. The summed E-state index contributed by atoms with van der Waals surface area (Å²) in [4.78, 5) is 50.4. The summed E-state index contributed by atoms with van der Waals surface area (Å²) in [5.41, 5.74) is 6.12. The van der Waals surface area contributed by atoms with Gasteiger partial charge in [0.25, 0.3) is 11.8 Å². The Bertz CT molecular complexity index is 2000. The van der Waals surface area contributed by atoms with Gasteiger partial charge in [-0.2, -0.15) is 5.10 Å².